The molecule has 0 bridgehead atoms. The van der Waals surface area contributed by atoms with Gasteiger partial charge in [-0.2, -0.15) is 0 Å². The Bertz CT molecular complexity index is 349. The van der Waals surface area contributed by atoms with Gasteiger partial charge < -0.3 is 4.90 Å². The lowest BCUT2D eigenvalue weighted by atomic mass is 10.1. The summed E-state index contributed by atoms with van der Waals surface area (Å²) in [5.41, 5.74) is 1.40. The number of nitrogens with zero attached hydrogens (tertiary/aromatic N) is 1. The summed E-state index contributed by atoms with van der Waals surface area (Å²) in [4.78, 5) is 12.9. The zero-order valence-electron chi connectivity index (χ0n) is 8.67. The topological polar surface area (TPSA) is 20.3 Å². The van der Waals surface area contributed by atoms with Crippen LogP contribution in [0.4, 0.5) is 4.39 Å². The van der Waals surface area contributed by atoms with Gasteiger partial charge in [0.2, 0.25) is 0 Å². The van der Waals surface area contributed by atoms with E-state index in [1.807, 2.05) is 13.8 Å². The van der Waals surface area contributed by atoms with E-state index >= 15 is 0 Å². The summed E-state index contributed by atoms with van der Waals surface area (Å²) < 4.78 is 12.7. The Morgan fingerprint density at radius 3 is 2.64 bits per heavy atom. The number of carbonyl (C=O) groups excluding carboxylic acids is 1. The molecule has 1 aromatic carbocycles. The van der Waals surface area contributed by atoms with Crippen LogP contribution < -0.4 is 0 Å². The highest BCUT2D eigenvalue weighted by molar-refractivity contribution is 5.98. The second-order valence-corrected chi connectivity index (χ2v) is 2.96. The summed E-state index contributed by atoms with van der Waals surface area (Å²) in [5, 5.41) is 0. The quantitative estimate of drug-likeness (QED) is 0.622. The highest BCUT2D eigenvalue weighted by atomic mass is 19.1. The largest absolute Gasteiger partial charge is 0.337 e. The van der Waals surface area contributed by atoms with E-state index in [2.05, 4.69) is 0 Å². The van der Waals surface area contributed by atoms with Crippen LogP contribution in [0.1, 0.15) is 29.8 Å². The SMILES string of the molecule is CC.CN1Cc2cc(F)ccc2C1=O. The molecule has 0 aliphatic carbocycles. The normalized spacial score (nSPS) is 13.4. The number of hydrogen-bond donors (Lipinski definition) is 0. The minimum Gasteiger partial charge on any atom is -0.337 e. The zero-order chi connectivity index (χ0) is 10.7. The standard InChI is InChI=1S/C9H8FNO.C2H6/c1-11-5-6-4-7(10)2-3-8(6)9(11)12;1-2/h2-4H,5H2,1H3;1-2H3. The van der Waals surface area contributed by atoms with Crippen LogP contribution in [0.15, 0.2) is 18.2 Å². The Balaban J connectivity index is 0.000000461. The molecule has 2 rings (SSSR count). The third-order valence-electron chi connectivity index (χ3n) is 2.05. The first kappa shape index (κ1) is 10.7. The van der Waals surface area contributed by atoms with E-state index in [1.54, 1.807) is 11.9 Å². The lowest BCUT2D eigenvalue weighted by molar-refractivity contribution is 0.0816. The van der Waals surface area contributed by atoms with Gasteiger partial charge in [0.15, 0.2) is 0 Å². The van der Waals surface area contributed by atoms with Crippen molar-refractivity contribution >= 4 is 5.91 Å². The van der Waals surface area contributed by atoms with E-state index in [0.29, 0.717) is 12.1 Å². The Morgan fingerprint density at radius 2 is 2.00 bits per heavy atom. The van der Waals surface area contributed by atoms with Crippen LogP contribution >= 0.6 is 0 Å². The van der Waals surface area contributed by atoms with Gasteiger partial charge in [-0.15, -0.1) is 0 Å². The molecule has 1 aliphatic heterocycles. The zero-order valence-corrected chi connectivity index (χ0v) is 8.67. The number of fused-ring (bicyclic) bond motifs is 1. The molecule has 0 saturated carbocycles. The first-order valence-corrected chi connectivity index (χ1v) is 4.72. The third kappa shape index (κ3) is 1.76. The van der Waals surface area contributed by atoms with Gasteiger partial charge in [-0.05, 0) is 23.8 Å². The van der Waals surface area contributed by atoms with Gasteiger partial charge in [-0.3, -0.25) is 4.79 Å². The lowest BCUT2D eigenvalue weighted by Gasteiger charge is -2.04. The van der Waals surface area contributed by atoms with E-state index in [4.69, 9.17) is 0 Å². The molecule has 0 N–H and O–H groups in total. The van der Waals surface area contributed by atoms with Crippen molar-refractivity contribution in [2.75, 3.05) is 7.05 Å². The third-order valence-corrected chi connectivity index (χ3v) is 2.05. The maximum absolute atomic E-state index is 12.7. The molecule has 0 atom stereocenters. The Morgan fingerprint density at radius 1 is 1.36 bits per heavy atom. The molecule has 1 heterocycles. The maximum atomic E-state index is 12.7. The van der Waals surface area contributed by atoms with Gasteiger partial charge in [0, 0.05) is 19.2 Å². The van der Waals surface area contributed by atoms with Crippen LogP contribution in [0, 0.1) is 5.82 Å². The molecule has 0 fully saturated rings. The minimum absolute atomic E-state index is 0.0231. The Labute approximate surface area is 83.3 Å². The van der Waals surface area contributed by atoms with E-state index < -0.39 is 0 Å². The Kier molecular flexibility index (Phi) is 3.23. The van der Waals surface area contributed by atoms with Crippen molar-refractivity contribution in [2.24, 2.45) is 0 Å². The van der Waals surface area contributed by atoms with Crippen molar-refractivity contribution < 1.29 is 9.18 Å². The summed E-state index contributed by atoms with van der Waals surface area (Å²) in [6.45, 7) is 4.52. The number of halogens is 1. The molecular formula is C11H14FNO. The minimum atomic E-state index is -0.281. The molecule has 2 nitrogen and oxygen atoms in total. The number of hydrogen-bond acceptors (Lipinski definition) is 1. The molecule has 0 radical (unpaired) electrons. The molecule has 76 valence electrons. The fourth-order valence-electron chi connectivity index (χ4n) is 1.43. The first-order chi connectivity index (χ1) is 6.68. The smallest absolute Gasteiger partial charge is 0.254 e. The lowest BCUT2D eigenvalue weighted by Crippen LogP contribution is -2.17. The van der Waals surface area contributed by atoms with Crippen LogP contribution in [0.25, 0.3) is 0 Å². The average Bonchev–Trinajstić information content (AvgIpc) is 2.45. The molecule has 14 heavy (non-hydrogen) atoms. The second kappa shape index (κ2) is 4.22. The van der Waals surface area contributed by atoms with E-state index in [-0.39, 0.29) is 11.7 Å². The van der Waals surface area contributed by atoms with Crippen LogP contribution in [0.5, 0.6) is 0 Å². The van der Waals surface area contributed by atoms with Crippen LogP contribution in [-0.2, 0) is 6.54 Å². The molecule has 0 saturated heterocycles. The van der Waals surface area contributed by atoms with Crippen molar-refractivity contribution in [3.63, 3.8) is 0 Å². The molecule has 0 spiro atoms. The molecule has 1 amide bonds. The molecule has 0 aromatic heterocycles. The van der Waals surface area contributed by atoms with E-state index in [9.17, 15) is 9.18 Å². The van der Waals surface area contributed by atoms with Gasteiger partial charge in [0.25, 0.3) is 5.91 Å². The summed E-state index contributed by atoms with van der Waals surface area (Å²) >= 11 is 0. The van der Waals surface area contributed by atoms with Crippen molar-refractivity contribution in [2.45, 2.75) is 20.4 Å². The van der Waals surface area contributed by atoms with Gasteiger partial charge in [0.1, 0.15) is 5.82 Å². The number of carbonyl (C=O) groups is 1. The van der Waals surface area contributed by atoms with Crippen molar-refractivity contribution in [3.05, 3.63) is 35.1 Å². The molecule has 1 aliphatic rings. The fourth-order valence-corrected chi connectivity index (χ4v) is 1.43. The van der Waals surface area contributed by atoms with Crippen molar-refractivity contribution in [3.8, 4) is 0 Å². The second-order valence-electron chi connectivity index (χ2n) is 2.96. The fraction of sp³-hybridized carbons (Fsp3) is 0.364. The summed E-state index contributed by atoms with van der Waals surface area (Å²) in [7, 11) is 1.71. The van der Waals surface area contributed by atoms with Gasteiger partial charge in [-0.25, -0.2) is 4.39 Å². The predicted octanol–water partition coefficient (Wildman–Crippen LogP) is 2.44. The maximum Gasteiger partial charge on any atom is 0.254 e. The van der Waals surface area contributed by atoms with Crippen LogP contribution in [0.3, 0.4) is 0 Å². The van der Waals surface area contributed by atoms with Gasteiger partial charge in [-0.1, -0.05) is 13.8 Å². The van der Waals surface area contributed by atoms with Crippen LogP contribution in [-0.4, -0.2) is 17.9 Å². The van der Waals surface area contributed by atoms with Gasteiger partial charge >= 0.3 is 0 Å². The van der Waals surface area contributed by atoms with Crippen molar-refractivity contribution in [1.82, 2.24) is 4.90 Å². The highest BCUT2D eigenvalue weighted by Crippen LogP contribution is 2.21. The average molecular weight is 195 g/mol. The first-order valence-electron chi connectivity index (χ1n) is 4.72. The Hall–Kier alpha value is -1.38. The number of benzene rings is 1. The summed E-state index contributed by atoms with van der Waals surface area (Å²) in [6.07, 6.45) is 0. The van der Waals surface area contributed by atoms with E-state index in [0.717, 1.165) is 5.56 Å². The molecular weight excluding hydrogens is 181 g/mol. The van der Waals surface area contributed by atoms with Crippen molar-refractivity contribution in [1.29, 1.82) is 0 Å². The van der Waals surface area contributed by atoms with Gasteiger partial charge in [0.05, 0.1) is 0 Å². The monoisotopic (exact) mass is 195 g/mol. The summed E-state index contributed by atoms with van der Waals surface area (Å²) in [5.74, 6) is -0.304. The highest BCUT2D eigenvalue weighted by Gasteiger charge is 2.23. The number of rotatable bonds is 0. The molecule has 0 unspecified atom stereocenters. The molecule has 1 aromatic rings. The summed E-state index contributed by atoms with van der Waals surface area (Å²) in [6, 6.07) is 4.27. The van der Waals surface area contributed by atoms with E-state index in [1.165, 1.54) is 18.2 Å². The molecule has 3 heteroatoms. The van der Waals surface area contributed by atoms with Crippen LogP contribution in [0.2, 0.25) is 0 Å². The number of amides is 1. The predicted molar refractivity (Wildman–Crippen MR) is 53.5 cm³/mol.